The third kappa shape index (κ3) is 7.07. The molecule has 4 atom stereocenters. The SMILES string of the molecule is Cc1ccc(NC(=O)OC(C)N2CCOC2C(C)C)cc1NC(=O)OC(C)N1CCOC1C(C)C. The molecule has 196 valence electrons. The van der Waals surface area contributed by atoms with Crippen molar-refractivity contribution in [2.75, 3.05) is 36.9 Å². The molecule has 4 unspecified atom stereocenters. The molecule has 2 amide bonds. The van der Waals surface area contributed by atoms with E-state index >= 15 is 0 Å². The highest BCUT2D eigenvalue weighted by molar-refractivity contribution is 5.89. The molecule has 2 aliphatic heterocycles. The van der Waals surface area contributed by atoms with Crippen molar-refractivity contribution in [2.24, 2.45) is 11.8 Å². The Hall–Kier alpha value is -2.40. The van der Waals surface area contributed by atoms with Gasteiger partial charge in [0.2, 0.25) is 0 Å². The van der Waals surface area contributed by atoms with Crippen LogP contribution in [0.1, 0.15) is 47.1 Å². The van der Waals surface area contributed by atoms with Crippen molar-refractivity contribution < 1.29 is 28.5 Å². The van der Waals surface area contributed by atoms with Gasteiger partial charge in [-0.15, -0.1) is 0 Å². The molecule has 1 aromatic rings. The summed E-state index contributed by atoms with van der Waals surface area (Å²) in [5.74, 6) is 0.572. The van der Waals surface area contributed by atoms with Crippen LogP contribution in [0.5, 0.6) is 0 Å². The van der Waals surface area contributed by atoms with Crippen LogP contribution < -0.4 is 10.6 Å². The van der Waals surface area contributed by atoms with Gasteiger partial charge in [-0.1, -0.05) is 33.8 Å². The fraction of sp³-hybridized carbons (Fsp3) is 0.680. The van der Waals surface area contributed by atoms with Crippen molar-refractivity contribution in [3.05, 3.63) is 23.8 Å². The number of aryl methyl sites for hydroxylation is 1. The zero-order valence-corrected chi connectivity index (χ0v) is 21.9. The molecule has 0 aliphatic carbocycles. The van der Waals surface area contributed by atoms with E-state index in [1.165, 1.54) is 0 Å². The largest absolute Gasteiger partial charge is 0.430 e. The second kappa shape index (κ2) is 12.0. The first-order valence-corrected chi connectivity index (χ1v) is 12.4. The minimum atomic E-state index is -0.577. The molecule has 2 N–H and O–H groups in total. The average molecular weight is 493 g/mol. The molecule has 1 aromatic carbocycles. The van der Waals surface area contributed by atoms with Gasteiger partial charge in [0.15, 0.2) is 12.5 Å². The van der Waals surface area contributed by atoms with Crippen molar-refractivity contribution in [1.82, 2.24) is 9.80 Å². The second-order valence-corrected chi connectivity index (χ2v) is 9.78. The average Bonchev–Trinajstić information content (AvgIpc) is 3.46. The third-order valence-electron chi connectivity index (χ3n) is 6.28. The lowest BCUT2D eigenvalue weighted by Crippen LogP contribution is -2.43. The molecule has 2 saturated heterocycles. The molecule has 3 rings (SSSR count). The van der Waals surface area contributed by atoms with Crippen molar-refractivity contribution in [1.29, 1.82) is 0 Å². The topological polar surface area (TPSA) is 102 Å². The summed E-state index contributed by atoms with van der Waals surface area (Å²) in [5.41, 5.74) is 1.88. The van der Waals surface area contributed by atoms with E-state index in [0.29, 0.717) is 37.7 Å². The molecule has 35 heavy (non-hydrogen) atoms. The van der Waals surface area contributed by atoms with Gasteiger partial charge in [-0.25, -0.2) is 19.4 Å². The van der Waals surface area contributed by atoms with Gasteiger partial charge in [0, 0.05) is 24.5 Å². The summed E-state index contributed by atoms with van der Waals surface area (Å²) in [6, 6.07) is 5.24. The number of amides is 2. The fourth-order valence-corrected chi connectivity index (χ4v) is 4.50. The molecule has 0 saturated carbocycles. The van der Waals surface area contributed by atoms with Gasteiger partial charge in [-0.2, -0.15) is 0 Å². The standard InChI is InChI=1S/C25H40N4O6/c1-15(2)22-28(10-12-32-22)18(6)34-24(30)26-20-9-8-17(5)21(14-20)27-25(31)35-19(7)29-11-13-33-23(29)16(3)4/h8-9,14-16,18-19,22-23H,10-13H2,1-7H3,(H,26,30)(H,27,31). The quantitative estimate of drug-likeness (QED) is 0.550. The molecule has 10 nitrogen and oxygen atoms in total. The molecular formula is C25H40N4O6. The number of anilines is 2. The number of carbonyl (C=O) groups excluding carboxylic acids is 2. The summed E-state index contributed by atoms with van der Waals surface area (Å²) < 4.78 is 22.7. The van der Waals surface area contributed by atoms with Crippen LogP contribution in [0.2, 0.25) is 0 Å². The molecule has 2 heterocycles. The Morgan fingerprint density at radius 2 is 1.34 bits per heavy atom. The summed E-state index contributed by atoms with van der Waals surface area (Å²) >= 11 is 0. The normalized spacial score (nSPS) is 22.9. The van der Waals surface area contributed by atoms with Crippen molar-refractivity contribution in [2.45, 2.75) is 73.4 Å². The Balaban J connectivity index is 1.55. The number of ether oxygens (including phenoxy) is 4. The lowest BCUT2D eigenvalue weighted by Gasteiger charge is -2.30. The summed E-state index contributed by atoms with van der Waals surface area (Å²) in [5, 5.41) is 5.52. The van der Waals surface area contributed by atoms with Crippen molar-refractivity contribution >= 4 is 23.6 Å². The minimum Gasteiger partial charge on any atom is -0.430 e. The number of benzene rings is 1. The predicted molar refractivity (Wildman–Crippen MR) is 133 cm³/mol. The lowest BCUT2D eigenvalue weighted by molar-refractivity contribution is -0.0779. The molecule has 0 radical (unpaired) electrons. The van der Waals surface area contributed by atoms with E-state index in [1.54, 1.807) is 12.1 Å². The maximum Gasteiger partial charge on any atom is 0.413 e. The van der Waals surface area contributed by atoms with E-state index in [0.717, 1.165) is 5.56 Å². The van der Waals surface area contributed by atoms with Crippen LogP contribution in [0.25, 0.3) is 0 Å². The number of carbonyl (C=O) groups is 2. The Morgan fingerprint density at radius 3 is 1.83 bits per heavy atom. The highest BCUT2D eigenvalue weighted by atomic mass is 16.6. The van der Waals surface area contributed by atoms with E-state index in [-0.39, 0.29) is 24.3 Å². The number of nitrogens with one attached hydrogen (secondary N) is 2. The van der Waals surface area contributed by atoms with Crippen LogP contribution in [-0.2, 0) is 18.9 Å². The summed E-state index contributed by atoms with van der Waals surface area (Å²) in [6.07, 6.45) is -2.18. The van der Waals surface area contributed by atoms with Crippen LogP contribution in [0.3, 0.4) is 0 Å². The maximum atomic E-state index is 12.6. The van der Waals surface area contributed by atoms with Crippen LogP contribution >= 0.6 is 0 Å². The predicted octanol–water partition coefficient (Wildman–Crippen LogP) is 4.41. The lowest BCUT2D eigenvalue weighted by atomic mass is 10.2. The van der Waals surface area contributed by atoms with Crippen molar-refractivity contribution in [3.63, 3.8) is 0 Å². The smallest absolute Gasteiger partial charge is 0.413 e. The molecular weight excluding hydrogens is 452 g/mol. The number of hydrogen-bond donors (Lipinski definition) is 2. The Labute approximate surface area is 208 Å². The van der Waals surface area contributed by atoms with Crippen LogP contribution in [0, 0.1) is 18.8 Å². The van der Waals surface area contributed by atoms with Crippen LogP contribution in [0.15, 0.2) is 18.2 Å². The van der Waals surface area contributed by atoms with E-state index in [4.69, 9.17) is 18.9 Å². The Bertz CT molecular complexity index is 880. The molecule has 0 spiro atoms. The highest BCUT2D eigenvalue weighted by Gasteiger charge is 2.34. The molecule has 0 aromatic heterocycles. The van der Waals surface area contributed by atoms with E-state index in [9.17, 15) is 9.59 Å². The Kier molecular flexibility index (Phi) is 9.34. The van der Waals surface area contributed by atoms with Gasteiger partial charge in [0.05, 0.1) is 13.2 Å². The monoisotopic (exact) mass is 492 g/mol. The summed E-state index contributed by atoms with van der Waals surface area (Å²) in [7, 11) is 0. The summed E-state index contributed by atoms with van der Waals surface area (Å²) in [4.78, 5) is 29.2. The van der Waals surface area contributed by atoms with Gasteiger partial charge in [-0.05, 0) is 50.3 Å². The van der Waals surface area contributed by atoms with E-state index in [1.807, 2.05) is 36.6 Å². The highest BCUT2D eigenvalue weighted by Crippen LogP contribution is 2.24. The van der Waals surface area contributed by atoms with Gasteiger partial charge in [0.1, 0.15) is 12.5 Å². The molecule has 2 fully saturated rings. The number of hydrogen-bond acceptors (Lipinski definition) is 8. The zero-order chi connectivity index (χ0) is 25.7. The van der Waals surface area contributed by atoms with E-state index < -0.39 is 24.6 Å². The van der Waals surface area contributed by atoms with Crippen molar-refractivity contribution in [3.8, 4) is 0 Å². The first-order valence-electron chi connectivity index (χ1n) is 12.4. The third-order valence-corrected chi connectivity index (χ3v) is 6.28. The van der Waals surface area contributed by atoms with Crippen LogP contribution in [0.4, 0.5) is 21.0 Å². The Morgan fingerprint density at radius 1 is 0.857 bits per heavy atom. The molecule has 10 heteroatoms. The van der Waals surface area contributed by atoms with Crippen LogP contribution in [-0.4, -0.2) is 73.2 Å². The number of rotatable bonds is 8. The maximum absolute atomic E-state index is 12.6. The van der Waals surface area contributed by atoms with Gasteiger partial charge >= 0.3 is 12.2 Å². The molecule has 0 bridgehead atoms. The van der Waals surface area contributed by atoms with Gasteiger partial charge < -0.3 is 18.9 Å². The summed E-state index contributed by atoms with van der Waals surface area (Å²) in [6.45, 7) is 16.5. The second-order valence-electron chi connectivity index (χ2n) is 9.78. The molecule has 2 aliphatic rings. The zero-order valence-electron chi connectivity index (χ0n) is 21.9. The minimum absolute atomic E-state index is 0.0793. The van der Waals surface area contributed by atoms with Gasteiger partial charge in [0.25, 0.3) is 0 Å². The number of nitrogens with zero attached hydrogens (tertiary/aromatic N) is 2. The first-order chi connectivity index (χ1) is 16.6. The first kappa shape index (κ1) is 27.2. The fourth-order valence-electron chi connectivity index (χ4n) is 4.50. The van der Waals surface area contributed by atoms with E-state index in [2.05, 4.69) is 38.3 Å². The van der Waals surface area contributed by atoms with Gasteiger partial charge in [-0.3, -0.25) is 10.6 Å².